The van der Waals surface area contributed by atoms with Crippen molar-refractivity contribution in [3.63, 3.8) is 0 Å². The van der Waals surface area contributed by atoms with Gasteiger partial charge in [0.05, 0.1) is 10.8 Å². The lowest BCUT2D eigenvalue weighted by Crippen LogP contribution is -2.28. The number of amides is 2. The first-order valence-corrected chi connectivity index (χ1v) is 9.33. The van der Waals surface area contributed by atoms with Crippen LogP contribution in [-0.2, 0) is 19.1 Å². The molecule has 9 nitrogen and oxygen atoms in total. The number of nitrogens with one attached hydrogen (secondary N) is 1. The van der Waals surface area contributed by atoms with Crippen molar-refractivity contribution in [3.05, 3.63) is 63.7 Å². The molecule has 1 N–H and O–H groups in total. The number of nitrogens with zero attached hydrogens (tertiary/aromatic N) is 2. The van der Waals surface area contributed by atoms with Crippen LogP contribution in [0.15, 0.2) is 42.5 Å². The van der Waals surface area contributed by atoms with Crippen LogP contribution in [0.25, 0.3) is 0 Å². The van der Waals surface area contributed by atoms with Crippen molar-refractivity contribution in [3.8, 4) is 0 Å². The molecule has 9 heteroatoms. The highest BCUT2D eigenvalue weighted by Gasteiger charge is 2.36. The fourth-order valence-electron chi connectivity index (χ4n) is 3.25. The van der Waals surface area contributed by atoms with Crippen LogP contribution < -0.4 is 10.2 Å². The number of hydrogen-bond donors (Lipinski definition) is 1. The Morgan fingerprint density at radius 2 is 2.00 bits per heavy atom. The van der Waals surface area contributed by atoms with E-state index in [0.717, 1.165) is 5.56 Å². The van der Waals surface area contributed by atoms with Gasteiger partial charge in [-0.25, -0.2) is 0 Å². The number of rotatable bonds is 6. The zero-order valence-corrected chi connectivity index (χ0v) is 16.6. The van der Waals surface area contributed by atoms with Gasteiger partial charge in [-0.15, -0.1) is 0 Å². The lowest BCUT2D eigenvalue weighted by Gasteiger charge is -2.17. The minimum atomic E-state index is -0.661. The second kappa shape index (κ2) is 8.73. The fraction of sp³-hybridized carbons (Fsp3) is 0.286. The molecule has 2 amide bonds. The van der Waals surface area contributed by atoms with Crippen LogP contribution in [-0.4, -0.2) is 35.9 Å². The van der Waals surface area contributed by atoms with Crippen molar-refractivity contribution < 1.29 is 24.0 Å². The smallest absolute Gasteiger partial charge is 0.311 e. The monoisotopic (exact) mass is 411 g/mol. The molecule has 2 aromatic rings. The molecular formula is C21H21N3O6. The number of carbonyl (C=O) groups excluding carboxylic acids is 3. The predicted molar refractivity (Wildman–Crippen MR) is 109 cm³/mol. The van der Waals surface area contributed by atoms with Gasteiger partial charge in [0.25, 0.3) is 11.6 Å². The van der Waals surface area contributed by atoms with Crippen LogP contribution in [0.4, 0.5) is 17.1 Å². The van der Waals surface area contributed by atoms with E-state index in [2.05, 4.69) is 5.32 Å². The van der Waals surface area contributed by atoms with E-state index in [9.17, 15) is 24.5 Å². The summed E-state index contributed by atoms with van der Waals surface area (Å²) in [5, 5.41) is 13.4. The SMILES string of the molecule is Cc1cccc(N2C[C@@H](C(=O)OCC(=O)Nc3ccc(C)c([N+](=O)[O-])c3)CC2=O)c1. The summed E-state index contributed by atoms with van der Waals surface area (Å²) in [5.74, 6) is -2.10. The van der Waals surface area contributed by atoms with E-state index in [0.29, 0.717) is 11.3 Å². The molecule has 1 atom stereocenters. The van der Waals surface area contributed by atoms with Gasteiger partial charge >= 0.3 is 5.97 Å². The van der Waals surface area contributed by atoms with E-state index in [4.69, 9.17) is 4.74 Å². The quantitative estimate of drug-likeness (QED) is 0.443. The number of benzene rings is 2. The van der Waals surface area contributed by atoms with Crippen molar-refractivity contribution in [2.75, 3.05) is 23.4 Å². The Labute approximate surface area is 172 Å². The van der Waals surface area contributed by atoms with Gasteiger partial charge < -0.3 is 15.0 Å². The summed E-state index contributed by atoms with van der Waals surface area (Å²) in [6.45, 7) is 3.15. The maximum Gasteiger partial charge on any atom is 0.311 e. The van der Waals surface area contributed by atoms with Crippen LogP contribution in [0, 0.1) is 29.9 Å². The number of ether oxygens (including phenoxy) is 1. The molecule has 0 radical (unpaired) electrons. The highest BCUT2D eigenvalue weighted by molar-refractivity contribution is 6.00. The Morgan fingerprint density at radius 1 is 1.23 bits per heavy atom. The summed E-state index contributed by atoms with van der Waals surface area (Å²) in [5.41, 5.74) is 2.29. The molecule has 0 spiro atoms. The first-order valence-electron chi connectivity index (χ1n) is 9.33. The Morgan fingerprint density at radius 3 is 2.70 bits per heavy atom. The Hall–Kier alpha value is -3.75. The second-order valence-electron chi connectivity index (χ2n) is 7.16. The van der Waals surface area contributed by atoms with Gasteiger partial charge in [-0.2, -0.15) is 0 Å². The van der Waals surface area contributed by atoms with Gasteiger partial charge in [0.2, 0.25) is 5.91 Å². The fourth-order valence-corrected chi connectivity index (χ4v) is 3.25. The predicted octanol–water partition coefficient (Wildman–Crippen LogP) is 2.75. The maximum atomic E-state index is 12.3. The normalized spacial score (nSPS) is 15.7. The van der Waals surface area contributed by atoms with Crippen molar-refractivity contribution in [1.29, 1.82) is 0 Å². The number of nitro groups is 1. The molecule has 2 aromatic carbocycles. The summed E-state index contributed by atoms with van der Waals surface area (Å²) in [6.07, 6.45) is 0.0125. The molecule has 156 valence electrons. The highest BCUT2D eigenvalue weighted by Crippen LogP contribution is 2.26. The molecule has 1 aliphatic heterocycles. The van der Waals surface area contributed by atoms with Crippen LogP contribution in [0.1, 0.15) is 17.5 Å². The van der Waals surface area contributed by atoms with Crippen molar-refractivity contribution in [1.82, 2.24) is 0 Å². The average molecular weight is 411 g/mol. The Balaban J connectivity index is 1.54. The molecule has 0 unspecified atom stereocenters. The van der Waals surface area contributed by atoms with E-state index < -0.39 is 29.3 Å². The van der Waals surface area contributed by atoms with Crippen molar-refractivity contribution in [2.24, 2.45) is 5.92 Å². The van der Waals surface area contributed by atoms with Crippen LogP contribution >= 0.6 is 0 Å². The zero-order valence-electron chi connectivity index (χ0n) is 16.6. The third-order valence-electron chi connectivity index (χ3n) is 4.81. The molecule has 0 aliphatic carbocycles. The van der Waals surface area contributed by atoms with E-state index in [1.807, 2.05) is 25.1 Å². The van der Waals surface area contributed by atoms with E-state index in [1.165, 1.54) is 23.1 Å². The average Bonchev–Trinajstić information content (AvgIpc) is 3.09. The first-order chi connectivity index (χ1) is 14.2. The highest BCUT2D eigenvalue weighted by atomic mass is 16.6. The molecule has 0 saturated carbocycles. The zero-order chi connectivity index (χ0) is 21.8. The third-order valence-corrected chi connectivity index (χ3v) is 4.81. The van der Waals surface area contributed by atoms with Crippen molar-refractivity contribution >= 4 is 34.8 Å². The minimum Gasteiger partial charge on any atom is -0.455 e. The summed E-state index contributed by atoms with van der Waals surface area (Å²) in [7, 11) is 0. The van der Waals surface area contributed by atoms with Crippen molar-refractivity contribution in [2.45, 2.75) is 20.3 Å². The Bertz CT molecular complexity index is 1020. The van der Waals surface area contributed by atoms with E-state index in [1.54, 1.807) is 13.0 Å². The molecule has 3 rings (SSSR count). The number of anilines is 2. The summed E-state index contributed by atoms with van der Waals surface area (Å²) >= 11 is 0. The number of nitro benzene ring substituents is 1. The third kappa shape index (κ3) is 4.80. The molecule has 30 heavy (non-hydrogen) atoms. The topological polar surface area (TPSA) is 119 Å². The Kier molecular flexibility index (Phi) is 6.10. The van der Waals surface area contributed by atoms with Gasteiger partial charge in [0.15, 0.2) is 6.61 Å². The van der Waals surface area contributed by atoms with Crippen LogP contribution in [0.3, 0.4) is 0 Å². The van der Waals surface area contributed by atoms with Gasteiger partial charge in [-0.1, -0.05) is 18.2 Å². The van der Waals surface area contributed by atoms with E-state index >= 15 is 0 Å². The molecule has 1 saturated heterocycles. The van der Waals surface area contributed by atoms with Crippen LogP contribution in [0.2, 0.25) is 0 Å². The minimum absolute atomic E-state index is 0.0125. The number of hydrogen-bond acceptors (Lipinski definition) is 6. The van der Waals surface area contributed by atoms with Gasteiger partial charge in [0.1, 0.15) is 0 Å². The molecule has 0 aromatic heterocycles. The van der Waals surface area contributed by atoms with Gasteiger partial charge in [0, 0.05) is 36.0 Å². The van der Waals surface area contributed by atoms with Crippen LogP contribution in [0.5, 0.6) is 0 Å². The molecular weight excluding hydrogens is 390 g/mol. The second-order valence-corrected chi connectivity index (χ2v) is 7.16. The summed E-state index contributed by atoms with van der Waals surface area (Å²) in [6, 6.07) is 11.7. The molecule has 1 aliphatic rings. The maximum absolute atomic E-state index is 12.3. The lowest BCUT2D eigenvalue weighted by molar-refractivity contribution is -0.385. The lowest BCUT2D eigenvalue weighted by atomic mass is 10.1. The number of carbonyl (C=O) groups is 3. The molecule has 1 heterocycles. The molecule has 1 fully saturated rings. The number of esters is 1. The van der Waals surface area contributed by atoms with Gasteiger partial charge in [-0.3, -0.25) is 24.5 Å². The largest absolute Gasteiger partial charge is 0.455 e. The standard InChI is InChI=1S/C21H21N3O6/c1-13-4-3-5-17(8-13)23-11-15(9-20(23)26)21(27)30-12-19(25)22-16-7-6-14(2)18(10-16)24(28)29/h3-8,10,15H,9,11-12H2,1-2H3,(H,22,25)/t15-/m0/s1. The van der Waals surface area contributed by atoms with Gasteiger partial charge in [-0.05, 0) is 37.6 Å². The summed E-state index contributed by atoms with van der Waals surface area (Å²) in [4.78, 5) is 48.6. The number of aryl methyl sites for hydroxylation is 2. The molecule has 0 bridgehead atoms. The first kappa shape index (κ1) is 21.0. The summed E-state index contributed by atoms with van der Waals surface area (Å²) < 4.78 is 5.05. The van der Waals surface area contributed by atoms with E-state index in [-0.39, 0.29) is 30.2 Å².